The molecule has 1 fully saturated rings. The summed E-state index contributed by atoms with van der Waals surface area (Å²) in [7, 11) is 0. The molecule has 0 bridgehead atoms. The van der Waals surface area contributed by atoms with Crippen molar-refractivity contribution in [2.45, 2.75) is 38.3 Å². The maximum Gasteiger partial charge on any atom is 0.387 e. The standard InChI is InChI=1S/C16H13ClF5N3O2/c17-12-13(15(19)20)24-25(14(12)7-1-2-7)6-11(26)23-9-4-3-8(18)5-10(9)27-16(21)22/h3-5,7,15-16H,1-2,6H2,(H,23,26). The van der Waals surface area contributed by atoms with E-state index in [1.165, 1.54) is 0 Å². The van der Waals surface area contributed by atoms with Crippen LogP contribution in [0.1, 0.15) is 36.6 Å². The molecule has 1 aromatic carbocycles. The molecule has 146 valence electrons. The van der Waals surface area contributed by atoms with Gasteiger partial charge in [-0.25, -0.2) is 13.2 Å². The maximum atomic E-state index is 13.2. The number of aromatic nitrogens is 2. The number of ether oxygens (including phenoxy) is 1. The fourth-order valence-electron chi connectivity index (χ4n) is 2.60. The van der Waals surface area contributed by atoms with E-state index < -0.39 is 42.7 Å². The highest BCUT2D eigenvalue weighted by atomic mass is 35.5. The van der Waals surface area contributed by atoms with Crippen molar-refractivity contribution in [1.29, 1.82) is 0 Å². The zero-order valence-corrected chi connectivity index (χ0v) is 14.3. The largest absolute Gasteiger partial charge is 0.432 e. The van der Waals surface area contributed by atoms with Crippen molar-refractivity contribution in [3.05, 3.63) is 40.4 Å². The molecule has 0 aliphatic heterocycles. The first-order valence-electron chi connectivity index (χ1n) is 7.84. The number of alkyl halides is 4. The Morgan fingerprint density at radius 3 is 2.63 bits per heavy atom. The van der Waals surface area contributed by atoms with Crippen LogP contribution in [0.4, 0.5) is 27.6 Å². The van der Waals surface area contributed by atoms with Gasteiger partial charge < -0.3 is 10.1 Å². The number of benzene rings is 1. The SMILES string of the molecule is O=C(Cn1nc(C(F)F)c(Cl)c1C1CC1)Nc1ccc(F)cc1OC(F)F. The lowest BCUT2D eigenvalue weighted by Gasteiger charge is -2.13. The number of hydrogen-bond donors (Lipinski definition) is 1. The lowest BCUT2D eigenvalue weighted by Crippen LogP contribution is -2.21. The van der Waals surface area contributed by atoms with Crippen molar-refractivity contribution in [2.24, 2.45) is 0 Å². The van der Waals surface area contributed by atoms with Crippen LogP contribution in [-0.4, -0.2) is 22.3 Å². The molecule has 1 saturated carbocycles. The summed E-state index contributed by atoms with van der Waals surface area (Å²) in [4.78, 5) is 12.3. The number of nitrogens with zero attached hydrogens (tertiary/aromatic N) is 2. The van der Waals surface area contributed by atoms with E-state index >= 15 is 0 Å². The van der Waals surface area contributed by atoms with Crippen molar-refractivity contribution < 1.29 is 31.5 Å². The van der Waals surface area contributed by atoms with Gasteiger partial charge in [0.15, 0.2) is 5.75 Å². The molecule has 3 rings (SSSR count). The monoisotopic (exact) mass is 409 g/mol. The van der Waals surface area contributed by atoms with Gasteiger partial charge in [0.1, 0.15) is 18.1 Å². The van der Waals surface area contributed by atoms with Crippen LogP contribution in [0.3, 0.4) is 0 Å². The second kappa shape index (κ2) is 7.71. The second-order valence-electron chi connectivity index (χ2n) is 5.88. The van der Waals surface area contributed by atoms with E-state index in [1.54, 1.807) is 0 Å². The number of anilines is 1. The first kappa shape index (κ1) is 19.4. The molecule has 1 aliphatic carbocycles. The molecule has 11 heteroatoms. The number of carbonyl (C=O) groups excluding carboxylic acids is 1. The molecule has 0 radical (unpaired) electrons. The van der Waals surface area contributed by atoms with Crippen molar-refractivity contribution >= 4 is 23.2 Å². The fourth-order valence-corrected chi connectivity index (χ4v) is 2.97. The average Bonchev–Trinajstić information content (AvgIpc) is 3.34. The maximum absolute atomic E-state index is 13.2. The van der Waals surface area contributed by atoms with Crippen molar-refractivity contribution in [1.82, 2.24) is 9.78 Å². The van der Waals surface area contributed by atoms with E-state index in [0.717, 1.165) is 29.7 Å². The van der Waals surface area contributed by atoms with E-state index in [2.05, 4.69) is 15.2 Å². The van der Waals surface area contributed by atoms with E-state index in [4.69, 9.17) is 11.6 Å². The molecule has 5 nitrogen and oxygen atoms in total. The molecule has 0 atom stereocenters. The number of amides is 1. The summed E-state index contributed by atoms with van der Waals surface area (Å²) in [5.41, 5.74) is -0.470. The van der Waals surface area contributed by atoms with E-state index in [9.17, 15) is 26.7 Å². The Balaban J connectivity index is 1.80. The molecule has 1 aliphatic rings. The summed E-state index contributed by atoms with van der Waals surface area (Å²) >= 11 is 5.96. The van der Waals surface area contributed by atoms with E-state index in [0.29, 0.717) is 11.8 Å². The van der Waals surface area contributed by atoms with Crippen LogP contribution in [0.25, 0.3) is 0 Å². The minimum atomic E-state index is -3.22. The highest BCUT2D eigenvalue weighted by molar-refractivity contribution is 6.32. The first-order valence-corrected chi connectivity index (χ1v) is 8.22. The Bertz CT molecular complexity index is 855. The van der Waals surface area contributed by atoms with Crippen molar-refractivity contribution in [3.63, 3.8) is 0 Å². The van der Waals surface area contributed by atoms with Crippen LogP contribution in [-0.2, 0) is 11.3 Å². The van der Waals surface area contributed by atoms with Crippen LogP contribution >= 0.6 is 11.6 Å². The molecule has 0 spiro atoms. The molecule has 0 unspecified atom stereocenters. The number of nitrogens with one attached hydrogen (secondary N) is 1. The molecule has 1 N–H and O–H groups in total. The molecular formula is C16H13ClF5N3O2. The van der Waals surface area contributed by atoms with Gasteiger partial charge in [-0.15, -0.1) is 0 Å². The normalized spacial score (nSPS) is 14.1. The third kappa shape index (κ3) is 4.49. The van der Waals surface area contributed by atoms with Crippen molar-refractivity contribution in [2.75, 3.05) is 5.32 Å². The van der Waals surface area contributed by atoms with Gasteiger partial charge in [0.25, 0.3) is 6.43 Å². The number of carbonyl (C=O) groups is 1. The van der Waals surface area contributed by atoms with Crippen LogP contribution in [0, 0.1) is 5.82 Å². The number of halogens is 6. The predicted molar refractivity (Wildman–Crippen MR) is 85.8 cm³/mol. The summed E-state index contributed by atoms with van der Waals surface area (Å²) in [5, 5.41) is 5.80. The first-order chi connectivity index (χ1) is 12.8. The number of rotatable bonds is 7. The van der Waals surface area contributed by atoms with Gasteiger partial charge in [-0.2, -0.15) is 13.9 Å². The number of hydrogen-bond acceptors (Lipinski definition) is 3. The van der Waals surface area contributed by atoms with E-state index in [-0.39, 0.29) is 16.6 Å². The van der Waals surface area contributed by atoms with Crippen molar-refractivity contribution in [3.8, 4) is 5.75 Å². The fraction of sp³-hybridized carbons (Fsp3) is 0.375. The van der Waals surface area contributed by atoms with Gasteiger partial charge >= 0.3 is 6.61 Å². The lowest BCUT2D eigenvalue weighted by atomic mass is 10.2. The molecule has 1 amide bonds. The summed E-state index contributed by atoms with van der Waals surface area (Å²) in [6, 6.07) is 2.69. The zero-order chi connectivity index (χ0) is 19.7. The van der Waals surface area contributed by atoms with Crippen LogP contribution < -0.4 is 10.1 Å². The average molecular weight is 410 g/mol. The van der Waals surface area contributed by atoms with Gasteiger partial charge in [-0.05, 0) is 25.0 Å². The topological polar surface area (TPSA) is 56.2 Å². The van der Waals surface area contributed by atoms with Crippen LogP contribution in [0.15, 0.2) is 18.2 Å². The Morgan fingerprint density at radius 2 is 2.04 bits per heavy atom. The third-order valence-corrected chi connectivity index (χ3v) is 4.24. The van der Waals surface area contributed by atoms with Gasteiger partial charge in [-0.3, -0.25) is 9.48 Å². The highest BCUT2D eigenvalue weighted by Crippen LogP contribution is 2.45. The Hall–Kier alpha value is -2.36. The van der Waals surface area contributed by atoms with Gasteiger partial charge in [0.05, 0.1) is 16.4 Å². The molecule has 2 aromatic rings. The van der Waals surface area contributed by atoms with Gasteiger partial charge in [0, 0.05) is 12.0 Å². The third-order valence-electron chi connectivity index (χ3n) is 3.85. The van der Waals surface area contributed by atoms with Gasteiger partial charge in [0.2, 0.25) is 5.91 Å². The minimum absolute atomic E-state index is 0.0613. The van der Waals surface area contributed by atoms with E-state index in [1.807, 2.05) is 0 Å². The highest BCUT2D eigenvalue weighted by Gasteiger charge is 2.34. The second-order valence-corrected chi connectivity index (χ2v) is 6.26. The Morgan fingerprint density at radius 1 is 1.33 bits per heavy atom. The molecule has 1 heterocycles. The minimum Gasteiger partial charge on any atom is -0.432 e. The molecule has 0 saturated heterocycles. The smallest absolute Gasteiger partial charge is 0.387 e. The molecule has 27 heavy (non-hydrogen) atoms. The quantitative estimate of drug-likeness (QED) is 0.673. The molecular weight excluding hydrogens is 397 g/mol. The molecule has 1 aromatic heterocycles. The van der Waals surface area contributed by atoms with Crippen LogP contribution in [0.5, 0.6) is 5.75 Å². The summed E-state index contributed by atoms with van der Waals surface area (Å²) < 4.78 is 69.4. The lowest BCUT2D eigenvalue weighted by molar-refractivity contribution is -0.117. The Labute approximate surface area is 155 Å². The summed E-state index contributed by atoms with van der Waals surface area (Å²) in [6.07, 6.45) is -1.43. The zero-order valence-electron chi connectivity index (χ0n) is 13.6. The summed E-state index contributed by atoms with van der Waals surface area (Å²) in [6.45, 7) is -3.69. The summed E-state index contributed by atoms with van der Waals surface area (Å²) in [5.74, 6) is -2.20. The Kier molecular flexibility index (Phi) is 5.54. The van der Waals surface area contributed by atoms with Crippen LogP contribution in [0.2, 0.25) is 5.02 Å². The predicted octanol–water partition coefficient (Wildman–Crippen LogP) is 4.73. The van der Waals surface area contributed by atoms with Gasteiger partial charge in [-0.1, -0.05) is 11.6 Å².